The third-order valence-corrected chi connectivity index (χ3v) is 5.47. The fourth-order valence-electron chi connectivity index (χ4n) is 2.43. The number of rotatable bonds is 5. The number of hydrogen-bond donors (Lipinski definition) is 0. The minimum Gasteiger partial charge on any atom is -0.199 e. The standard InChI is InChI=1S/C22H18ClNO2S/c1-17-7-14-21(15-8-17)27(25,26)24-22(19-10-12-20(23)13-11-19)16-9-18-5-3-2-4-6-18/h2-16H,1H3/b16-9+,24-22-. The Morgan fingerprint density at radius 3 is 2.15 bits per heavy atom. The first-order valence-corrected chi connectivity index (χ1v) is 10.2. The SMILES string of the molecule is Cc1ccc(S(=O)(=O)/N=C(/C=C/c2ccccc2)c2ccc(Cl)cc2)cc1. The molecule has 5 heteroatoms. The fraction of sp³-hybridized carbons (Fsp3) is 0.0455. The molecule has 0 aliphatic rings. The molecule has 27 heavy (non-hydrogen) atoms. The summed E-state index contributed by atoms with van der Waals surface area (Å²) in [5, 5.41) is 0.575. The van der Waals surface area contributed by atoms with Crippen molar-refractivity contribution in [1.29, 1.82) is 0 Å². The molecule has 0 spiro atoms. The predicted octanol–water partition coefficient (Wildman–Crippen LogP) is 5.54. The highest BCUT2D eigenvalue weighted by molar-refractivity contribution is 7.90. The van der Waals surface area contributed by atoms with E-state index >= 15 is 0 Å². The van der Waals surface area contributed by atoms with Gasteiger partial charge in [0.05, 0.1) is 10.6 Å². The van der Waals surface area contributed by atoms with E-state index in [0.29, 0.717) is 16.3 Å². The van der Waals surface area contributed by atoms with Crippen LogP contribution in [0.25, 0.3) is 6.08 Å². The largest absolute Gasteiger partial charge is 0.282 e. The van der Waals surface area contributed by atoms with Crippen molar-refractivity contribution in [3.63, 3.8) is 0 Å². The number of nitrogens with zero attached hydrogens (tertiary/aromatic N) is 1. The van der Waals surface area contributed by atoms with Gasteiger partial charge in [0.15, 0.2) is 0 Å². The van der Waals surface area contributed by atoms with E-state index in [2.05, 4.69) is 4.40 Å². The van der Waals surface area contributed by atoms with Gasteiger partial charge in [-0.1, -0.05) is 77.8 Å². The van der Waals surface area contributed by atoms with Crippen LogP contribution in [0, 0.1) is 6.92 Å². The second-order valence-electron chi connectivity index (χ2n) is 6.02. The molecule has 136 valence electrons. The van der Waals surface area contributed by atoms with Gasteiger partial charge in [-0.25, -0.2) is 0 Å². The van der Waals surface area contributed by atoms with Gasteiger partial charge in [0.25, 0.3) is 10.0 Å². The van der Waals surface area contributed by atoms with Crippen molar-refractivity contribution < 1.29 is 8.42 Å². The Morgan fingerprint density at radius 2 is 1.52 bits per heavy atom. The predicted molar refractivity (Wildman–Crippen MR) is 112 cm³/mol. The average Bonchev–Trinajstić information content (AvgIpc) is 2.67. The normalized spacial score (nSPS) is 12.4. The van der Waals surface area contributed by atoms with Gasteiger partial charge < -0.3 is 0 Å². The molecule has 0 radical (unpaired) electrons. The van der Waals surface area contributed by atoms with Crippen molar-refractivity contribution >= 4 is 33.4 Å². The average molecular weight is 396 g/mol. The molecule has 3 nitrogen and oxygen atoms in total. The molecule has 0 saturated carbocycles. The molecule has 3 aromatic carbocycles. The second-order valence-corrected chi connectivity index (χ2v) is 8.06. The third kappa shape index (κ3) is 5.16. The molecule has 3 aromatic rings. The molecular weight excluding hydrogens is 378 g/mol. The molecule has 0 fully saturated rings. The minimum atomic E-state index is -3.84. The number of aryl methyl sites for hydroxylation is 1. The Morgan fingerprint density at radius 1 is 0.889 bits per heavy atom. The van der Waals surface area contributed by atoms with Crippen molar-refractivity contribution in [3.05, 3.63) is 107 Å². The van der Waals surface area contributed by atoms with Gasteiger partial charge in [-0.15, -0.1) is 0 Å². The van der Waals surface area contributed by atoms with Gasteiger partial charge in [0.1, 0.15) is 0 Å². The van der Waals surface area contributed by atoms with Crippen molar-refractivity contribution in [2.45, 2.75) is 11.8 Å². The summed E-state index contributed by atoms with van der Waals surface area (Å²) in [6.45, 7) is 1.90. The van der Waals surface area contributed by atoms with E-state index in [-0.39, 0.29) is 4.90 Å². The lowest BCUT2D eigenvalue weighted by Crippen LogP contribution is -2.04. The quantitative estimate of drug-likeness (QED) is 0.532. The summed E-state index contributed by atoms with van der Waals surface area (Å²) in [4.78, 5) is 0.160. The molecular formula is C22H18ClNO2S. The maximum absolute atomic E-state index is 12.8. The van der Waals surface area contributed by atoms with E-state index < -0.39 is 10.0 Å². The molecule has 0 aromatic heterocycles. The van der Waals surface area contributed by atoms with Crippen LogP contribution >= 0.6 is 11.6 Å². The van der Waals surface area contributed by atoms with Gasteiger partial charge in [-0.3, -0.25) is 0 Å². The molecule has 0 amide bonds. The molecule has 3 rings (SSSR count). The lowest BCUT2D eigenvalue weighted by atomic mass is 10.1. The van der Waals surface area contributed by atoms with E-state index in [0.717, 1.165) is 11.1 Å². The van der Waals surface area contributed by atoms with E-state index in [9.17, 15) is 8.42 Å². The summed E-state index contributed by atoms with van der Waals surface area (Å²) in [7, 11) is -3.84. The van der Waals surface area contributed by atoms with Crippen LogP contribution in [-0.4, -0.2) is 14.1 Å². The van der Waals surface area contributed by atoms with Gasteiger partial charge in [-0.05, 0) is 42.8 Å². The molecule has 0 N–H and O–H groups in total. The Bertz CT molecular complexity index is 1070. The number of sulfonamides is 1. The van der Waals surface area contributed by atoms with E-state index in [1.807, 2.05) is 43.3 Å². The first kappa shape index (κ1) is 19.1. The molecule has 0 aliphatic carbocycles. The van der Waals surface area contributed by atoms with Gasteiger partial charge in [0, 0.05) is 10.6 Å². The van der Waals surface area contributed by atoms with E-state index in [4.69, 9.17) is 11.6 Å². The van der Waals surface area contributed by atoms with Gasteiger partial charge >= 0.3 is 0 Å². The molecule has 0 bridgehead atoms. The molecule has 0 heterocycles. The zero-order valence-electron chi connectivity index (χ0n) is 14.7. The summed E-state index contributed by atoms with van der Waals surface area (Å²) in [5.74, 6) is 0. The monoisotopic (exact) mass is 395 g/mol. The summed E-state index contributed by atoms with van der Waals surface area (Å²) >= 11 is 5.96. The van der Waals surface area contributed by atoms with E-state index in [1.165, 1.54) is 0 Å². The first-order valence-electron chi connectivity index (χ1n) is 8.35. The smallest absolute Gasteiger partial charge is 0.199 e. The number of halogens is 1. The molecule has 0 unspecified atom stereocenters. The summed E-state index contributed by atoms with van der Waals surface area (Å²) < 4.78 is 29.6. The highest BCUT2D eigenvalue weighted by Gasteiger charge is 2.14. The first-order chi connectivity index (χ1) is 12.9. The van der Waals surface area contributed by atoms with Crippen molar-refractivity contribution in [3.8, 4) is 0 Å². The number of benzene rings is 3. The summed E-state index contributed by atoms with van der Waals surface area (Å²) in [6.07, 6.45) is 3.53. The van der Waals surface area contributed by atoms with Gasteiger partial charge in [0.2, 0.25) is 0 Å². The Labute approximate surface area is 164 Å². The summed E-state index contributed by atoms with van der Waals surface area (Å²) in [5.41, 5.74) is 2.95. The minimum absolute atomic E-state index is 0.160. The molecule has 0 atom stereocenters. The van der Waals surface area contributed by atoms with Crippen molar-refractivity contribution in [2.24, 2.45) is 4.40 Å². The Kier molecular flexibility index (Phi) is 5.89. The lowest BCUT2D eigenvalue weighted by Gasteiger charge is -2.05. The van der Waals surface area contributed by atoms with Gasteiger partial charge in [-0.2, -0.15) is 12.8 Å². The van der Waals surface area contributed by atoms with Crippen LogP contribution in [0.5, 0.6) is 0 Å². The van der Waals surface area contributed by atoms with Crippen LogP contribution < -0.4 is 0 Å². The molecule has 0 aliphatic heterocycles. The lowest BCUT2D eigenvalue weighted by molar-refractivity contribution is 0.598. The van der Waals surface area contributed by atoms with Crippen molar-refractivity contribution in [2.75, 3.05) is 0 Å². The zero-order valence-corrected chi connectivity index (χ0v) is 16.3. The van der Waals surface area contributed by atoms with E-state index in [1.54, 1.807) is 54.6 Å². The maximum atomic E-state index is 12.8. The van der Waals surface area contributed by atoms with Crippen LogP contribution in [0.1, 0.15) is 16.7 Å². The topological polar surface area (TPSA) is 46.5 Å². The maximum Gasteiger partial charge on any atom is 0.282 e. The van der Waals surface area contributed by atoms with Crippen LogP contribution in [0.15, 0.2) is 94.2 Å². The number of allylic oxidation sites excluding steroid dienone is 1. The molecule has 0 saturated heterocycles. The Balaban J connectivity index is 2.05. The van der Waals surface area contributed by atoms with Crippen molar-refractivity contribution in [1.82, 2.24) is 0 Å². The number of hydrogen-bond acceptors (Lipinski definition) is 2. The van der Waals surface area contributed by atoms with Crippen LogP contribution in [0.3, 0.4) is 0 Å². The van der Waals surface area contributed by atoms with Crippen LogP contribution in [-0.2, 0) is 10.0 Å². The zero-order chi connectivity index (χ0) is 19.3. The second kappa shape index (κ2) is 8.33. The van der Waals surface area contributed by atoms with Crippen LogP contribution in [0.2, 0.25) is 5.02 Å². The Hall–Kier alpha value is -2.69. The summed E-state index contributed by atoms with van der Waals surface area (Å²) in [6, 6.07) is 23.2. The fourth-order valence-corrected chi connectivity index (χ4v) is 3.57. The highest BCUT2D eigenvalue weighted by atomic mass is 35.5. The van der Waals surface area contributed by atoms with Crippen LogP contribution in [0.4, 0.5) is 0 Å². The third-order valence-electron chi connectivity index (χ3n) is 3.91. The highest BCUT2D eigenvalue weighted by Crippen LogP contribution is 2.17.